The Morgan fingerprint density at radius 2 is 1.64 bits per heavy atom. The van der Waals surface area contributed by atoms with Crippen molar-refractivity contribution >= 4 is 28.9 Å². The minimum absolute atomic E-state index is 0.0702. The van der Waals surface area contributed by atoms with Gasteiger partial charge in [-0.2, -0.15) is 23.1 Å². The number of fused-ring (bicyclic) bond motifs is 1. The normalized spacial score (nSPS) is 21.7. The fourth-order valence-corrected chi connectivity index (χ4v) is 5.51. The van der Waals surface area contributed by atoms with Crippen molar-refractivity contribution < 1.29 is 43.1 Å². The molecule has 4 heterocycles. The number of halogens is 3. The molecule has 252 valence electrons. The summed E-state index contributed by atoms with van der Waals surface area (Å²) < 4.78 is 39.2. The number of aliphatic hydroxyl groups excluding tert-OH is 3. The van der Waals surface area contributed by atoms with Crippen LogP contribution in [0, 0.1) is 0 Å². The second-order valence-electron chi connectivity index (χ2n) is 11.1. The van der Waals surface area contributed by atoms with Crippen LogP contribution in [0.5, 0.6) is 0 Å². The van der Waals surface area contributed by atoms with Gasteiger partial charge in [0, 0.05) is 32.1 Å². The highest BCUT2D eigenvalue weighted by molar-refractivity contribution is 5.84. The van der Waals surface area contributed by atoms with Gasteiger partial charge in [-0.3, -0.25) is 4.57 Å². The van der Waals surface area contributed by atoms with Crippen LogP contribution in [0.3, 0.4) is 0 Å². The monoisotopic (exact) mass is 659 g/mol. The molecule has 16 heteroatoms. The Balaban J connectivity index is 0.000000559. The van der Waals surface area contributed by atoms with E-state index in [-0.39, 0.29) is 5.92 Å². The Labute approximate surface area is 267 Å². The molecule has 2 saturated heterocycles. The maximum absolute atomic E-state index is 10.7. The Morgan fingerprint density at radius 3 is 2.21 bits per heavy atom. The second kappa shape index (κ2) is 15.0. The number of imidazole rings is 1. The number of ether oxygens (including phenoxy) is 1. The smallest absolute Gasteiger partial charge is 0.475 e. The van der Waals surface area contributed by atoms with Gasteiger partial charge in [0.1, 0.15) is 18.3 Å². The SMILES string of the molecule is O=C(O)C(F)(F)F.OC[C@H]1O[C@@H](n2cnc3c(NCC(c4ccccc4)c4ccccc4)nc(N4CCCNCC4)nc32)[C@H](O)[C@@H]1O. The van der Waals surface area contributed by atoms with Gasteiger partial charge in [0.2, 0.25) is 5.95 Å². The first kappa shape index (κ1) is 34.0. The fraction of sp³-hybridized carbons (Fsp3) is 0.419. The van der Waals surface area contributed by atoms with E-state index >= 15 is 0 Å². The van der Waals surface area contributed by atoms with Crippen molar-refractivity contribution in [2.24, 2.45) is 0 Å². The van der Waals surface area contributed by atoms with E-state index in [4.69, 9.17) is 24.6 Å². The molecule has 2 fully saturated rings. The summed E-state index contributed by atoms with van der Waals surface area (Å²) in [6.45, 7) is 3.47. The Hall–Kier alpha value is -4.35. The van der Waals surface area contributed by atoms with Crippen molar-refractivity contribution in [2.45, 2.75) is 43.1 Å². The molecule has 4 atom stereocenters. The van der Waals surface area contributed by atoms with E-state index in [1.54, 1.807) is 10.9 Å². The first-order valence-corrected chi connectivity index (χ1v) is 15.0. The molecule has 0 spiro atoms. The van der Waals surface area contributed by atoms with Crippen LogP contribution in [0.4, 0.5) is 24.9 Å². The predicted octanol–water partition coefficient (Wildman–Crippen LogP) is 2.11. The summed E-state index contributed by atoms with van der Waals surface area (Å²) in [5.74, 6) is -1.55. The lowest BCUT2D eigenvalue weighted by Gasteiger charge is -2.23. The highest BCUT2D eigenvalue weighted by Crippen LogP contribution is 2.34. The quantitative estimate of drug-likeness (QED) is 0.163. The lowest BCUT2D eigenvalue weighted by molar-refractivity contribution is -0.192. The number of aromatic nitrogens is 4. The predicted molar refractivity (Wildman–Crippen MR) is 165 cm³/mol. The molecule has 0 amide bonds. The minimum Gasteiger partial charge on any atom is -0.475 e. The number of alkyl halides is 3. The molecule has 0 aliphatic carbocycles. The van der Waals surface area contributed by atoms with E-state index in [0.717, 1.165) is 32.6 Å². The van der Waals surface area contributed by atoms with E-state index in [2.05, 4.69) is 44.8 Å². The fourth-order valence-electron chi connectivity index (χ4n) is 5.51. The number of benzene rings is 2. The van der Waals surface area contributed by atoms with Crippen molar-refractivity contribution in [3.05, 3.63) is 78.1 Å². The van der Waals surface area contributed by atoms with E-state index in [9.17, 15) is 28.5 Å². The summed E-state index contributed by atoms with van der Waals surface area (Å²) in [6, 6.07) is 20.7. The van der Waals surface area contributed by atoms with E-state index < -0.39 is 43.3 Å². The van der Waals surface area contributed by atoms with Crippen molar-refractivity contribution in [3.8, 4) is 0 Å². The summed E-state index contributed by atoms with van der Waals surface area (Å²) in [6.07, 6.45) is -6.88. The maximum Gasteiger partial charge on any atom is 0.490 e. The number of rotatable bonds is 8. The number of carbonyl (C=O) groups is 1. The number of carboxylic acid groups (broad SMARTS) is 1. The number of aliphatic carboxylic acids is 1. The molecule has 0 unspecified atom stereocenters. The number of nitrogens with one attached hydrogen (secondary N) is 2. The summed E-state index contributed by atoms with van der Waals surface area (Å²) in [5, 5.41) is 44.8. The zero-order valence-electron chi connectivity index (χ0n) is 25.2. The molecule has 6 N–H and O–H groups in total. The molecule has 2 aliphatic heterocycles. The Kier molecular flexibility index (Phi) is 10.9. The largest absolute Gasteiger partial charge is 0.490 e. The van der Waals surface area contributed by atoms with Crippen molar-refractivity contribution in [1.82, 2.24) is 24.8 Å². The Morgan fingerprint density at radius 1 is 1.00 bits per heavy atom. The van der Waals surface area contributed by atoms with Crippen molar-refractivity contribution in [1.29, 1.82) is 0 Å². The van der Waals surface area contributed by atoms with E-state index in [1.165, 1.54) is 11.1 Å². The molecule has 13 nitrogen and oxygen atoms in total. The molecule has 4 aromatic rings. The van der Waals surface area contributed by atoms with Crippen LogP contribution in [0.25, 0.3) is 11.2 Å². The first-order valence-electron chi connectivity index (χ1n) is 15.0. The van der Waals surface area contributed by atoms with Gasteiger partial charge in [-0.05, 0) is 24.1 Å². The summed E-state index contributed by atoms with van der Waals surface area (Å²) in [4.78, 5) is 25.5. The Bertz CT molecular complexity index is 1560. The molecule has 2 aliphatic rings. The van der Waals surface area contributed by atoms with Crippen LogP contribution < -0.4 is 15.5 Å². The molecule has 47 heavy (non-hydrogen) atoms. The van der Waals surface area contributed by atoms with Crippen LogP contribution in [-0.4, -0.2) is 110 Å². The molecule has 0 bridgehead atoms. The van der Waals surface area contributed by atoms with Crippen LogP contribution in [0.2, 0.25) is 0 Å². The van der Waals surface area contributed by atoms with Crippen LogP contribution in [0.15, 0.2) is 67.0 Å². The highest BCUT2D eigenvalue weighted by Gasteiger charge is 2.44. The van der Waals surface area contributed by atoms with Gasteiger partial charge < -0.3 is 40.7 Å². The molecule has 2 aromatic carbocycles. The number of hydrogen-bond acceptors (Lipinski definition) is 11. The van der Waals surface area contributed by atoms with Crippen molar-refractivity contribution in [3.63, 3.8) is 0 Å². The van der Waals surface area contributed by atoms with Gasteiger partial charge in [-0.25, -0.2) is 9.78 Å². The molecule has 0 radical (unpaired) electrons. The lowest BCUT2D eigenvalue weighted by Crippen LogP contribution is -2.33. The standard InChI is InChI=1S/C29H35N7O4.C2HF3O2/c37-17-22-24(38)25(39)28(40-22)36-18-32-23-26(33-29(34-27(23)36)35-14-7-12-30-13-15-35)31-16-21(19-8-3-1-4-9-19)20-10-5-2-6-11-20;3-2(4,5)1(6)7/h1-6,8-11,18,21-22,24-25,28,30,37-39H,7,12-17H2,(H,31,33,34);(H,6,7)/t22-,24-,25-,28-;/m1./s1. The number of aliphatic hydroxyl groups is 3. The number of hydrogen-bond donors (Lipinski definition) is 6. The second-order valence-corrected chi connectivity index (χ2v) is 11.1. The maximum atomic E-state index is 10.7. The summed E-state index contributed by atoms with van der Waals surface area (Å²) >= 11 is 0. The van der Waals surface area contributed by atoms with Crippen LogP contribution in [-0.2, 0) is 9.53 Å². The number of carboxylic acids is 1. The average Bonchev–Trinajstić information content (AvgIpc) is 3.48. The molecule has 0 saturated carbocycles. The highest BCUT2D eigenvalue weighted by atomic mass is 19.4. The van der Waals surface area contributed by atoms with E-state index in [0.29, 0.717) is 29.5 Å². The summed E-state index contributed by atoms with van der Waals surface area (Å²) in [5.41, 5.74) is 3.38. The van der Waals surface area contributed by atoms with Gasteiger partial charge in [-0.15, -0.1) is 0 Å². The third kappa shape index (κ3) is 7.97. The van der Waals surface area contributed by atoms with Gasteiger partial charge in [0.05, 0.1) is 12.9 Å². The number of nitrogens with zero attached hydrogens (tertiary/aromatic N) is 5. The van der Waals surface area contributed by atoms with Gasteiger partial charge in [0.15, 0.2) is 23.2 Å². The van der Waals surface area contributed by atoms with E-state index in [1.807, 2.05) is 36.4 Å². The van der Waals surface area contributed by atoms with Crippen molar-refractivity contribution in [2.75, 3.05) is 49.5 Å². The zero-order chi connectivity index (χ0) is 33.6. The van der Waals surface area contributed by atoms with Gasteiger partial charge in [0.25, 0.3) is 0 Å². The number of anilines is 2. The molecular weight excluding hydrogens is 623 g/mol. The first-order chi connectivity index (χ1) is 22.6. The van der Waals surface area contributed by atoms with Crippen LogP contribution >= 0.6 is 0 Å². The zero-order valence-corrected chi connectivity index (χ0v) is 25.2. The molecular formula is C31H36F3N7O6. The molecule has 6 rings (SSSR count). The molecule has 2 aromatic heterocycles. The third-order valence-corrected chi connectivity index (χ3v) is 7.94. The average molecular weight is 660 g/mol. The third-order valence-electron chi connectivity index (χ3n) is 7.94. The van der Waals surface area contributed by atoms with Gasteiger partial charge >= 0.3 is 12.1 Å². The topological polar surface area (TPSA) is 178 Å². The lowest BCUT2D eigenvalue weighted by atomic mass is 9.91. The minimum atomic E-state index is -5.08. The summed E-state index contributed by atoms with van der Waals surface area (Å²) in [7, 11) is 0. The van der Waals surface area contributed by atoms with Crippen LogP contribution in [0.1, 0.15) is 29.7 Å². The van der Waals surface area contributed by atoms with Gasteiger partial charge in [-0.1, -0.05) is 60.7 Å².